The number of nitrogens with zero attached hydrogens (tertiary/aromatic N) is 1. The van der Waals surface area contributed by atoms with E-state index in [0.29, 0.717) is 11.1 Å². The summed E-state index contributed by atoms with van der Waals surface area (Å²) in [7, 11) is 0. The van der Waals surface area contributed by atoms with Crippen molar-refractivity contribution in [2.24, 2.45) is 0 Å². The third-order valence-corrected chi connectivity index (χ3v) is 2.95. The van der Waals surface area contributed by atoms with Crippen LogP contribution in [0.15, 0.2) is 36.5 Å². The highest BCUT2D eigenvalue weighted by Gasteiger charge is 2.15. The van der Waals surface area contributed by atoms with E-state index in [1.807, 2.05) is 0 Å². The minimum atomic E-state index is -1.10. The molecule has 0 aliphatic carbocycles. The predicted molar refractivity (Wildman–Crippen MR) is 75.3 cm³/mol. The largest absolute Gasteiger partial charge is 0.478 e. The number of rotatable bonds is 3. The normalized spacial score (nSPS) is 10.1. The number of pyridine rings is 1. The lowest BCUT2D eigenvalue weighted by Gasteiger charge is -2.11. The molecule has 0 aliphatic heterocycles. The minimum Gasteiger partial charge on any atom is -0.478 e. The molecule has 0 radical (unpaired) electrons. The fourth-order valence-electron chi connectivity index (χ4n) is 1.71. The summed E-state index contributed by atoms with van der Waals surface area (Å²) in [4.78, 5) is 27.0. The predicted octanol–water partition coefficient (Wildman–Crippen LogP) is 2.99. The second-order valence-corrected chi connectivity index (χ2v) is 4.51. The van der Waals surface area contributed by atoms with Crippen LogP contribution < -0.4 is 5.32 Å². The second kappa shape index (κ2) is 5.71. The summed E-state index contributed by atoms with van der Waals surface area (Å²) in [5.74, 6) is -1.54. The molecule has 2 rings (SSSR count). The number of carbonyl (C=O) groups is 2. The molecule has 0 unspecified atom stereocenters. The number of carboxylic acid groups (broad SMARTS) is 1. The molecule has 2 aromatic rings. The van der Waals surface area contributed by atoms with E-state index < -0.39 is 11.9 Å². The molecule has 5 nitrogen and oxygen atoms in total. The van der Waals surface area contributed by atoms with Gasteiger partial charge in [0.2, 0.25) is 0 Å². The highest BCUT2D eigenvalue weighted by atomic mass is 35.5. The summed E-state index contributed by atoms with van der Waals surface area (Å²) in [6.07, 6.45) is 1.33. The Morgan fingerprint density at radius 1 is 1.25 bits per heavy atom. The van der Waals surface area contributed by atoms with Gasteiger partial charge in [-0.3, -0.25) is 4.79 Å². The average molecular weight is 291 g/mol. The first kappa shape index (κ1) is 14.0. The van der Waals surface area contributed by atoms with E-state index >= 15 is 0 Å². The molecule has 1 aromatic carbocycles. The number of aryl methyl sites for hydroxylation is 1. The first-order valence-electron chi connectivity index (χ1n) is 5.75. The van der Waals surface area contributed by atoms with E-state index in [9.17, 15) is 9.59 Å². The Labute approximate surface area is 120 Å². The Balaban J connectivity index is 2.32. The van der Waals surface area contributed by atoms with Crippen molar-refractivity contribution in [1.82, 2.24) is 4.98 Å². The molecule has 0 atom stereocenters. The monoisotopic (exact) mass is 290 g/mol. The highest BCUT2D eigenvalue weighted by molar-refractivity contribution is 6.29. The first-order valence-corrected chi connectivity index (χ1v) is 6.12. The Morgan fingerprint density at radius 2 is 2.00 bits per heavy atom. The van der Waals surface area contributed by atoms with Gasteiger partial charge in [-0.1, -0.05) is 23.7 Å². The molecular weight excluding hydrogens is 280 g/mol. The van der Waals surface area contributed by atoms with Gasteiger partial charge in [0.25, 0.3) is 5.91 Å². The van der Waals surface area contributed by atoms with Crippen LogP contribution in [0.5, 0.6) is 0 Å². The Kier molecular flexibility index (Phi) is 4.00. The number of carboxylic acids is 1. The third-order valence-electron chi connectivity index (χ3n) is 2.73. The van der Waals surface area contributed by atoms with Crippen LogP contribution in [-0.2, 0) is 0 Å². The molecule has 0 saturated carbocycles. The van der Waals surface area contributed by atoms with Gasteiger partial charge in [-0.2, -0.15) is 0 Å². The lowest BCUT2D eigenvalue weighted by Crippen LogP contribution is -2.16. The summed E-state index contributed by atoms with van der Waals surface area (Å²) in [6.45, 7) is 1.72. The van der Waals surface area contributed by atoms with Crippen molar-refractivity contribution in [3.05, 3.63) is 58.4 Å². The molecule has 1 heterocycles. The van der Waals surface area contributed by atoms with Crippen LogP contribution in [-0.4, -0.2) is 22.0 Å². The van der Waals surface area contributed by atoms with Gasteiger partial charge in [-0.05, 0) is 30.7 Å². The van der Waals surface area contributed by atoms with Crippen LogP contribution >= 0.6 is 11.6 Å². The zero-order chi connectivity index (χ0) is 14.7. The van der Waals surface area contributed by atoms with Gasteiger partial charge in [-0.15, -0.1) is 0 Å². The zero-order valence-electron chi connectivity index (χ0n) is 10.6. The molecule has 0 saturated heterocycles. The van der Waals surface area contributed by atoms with Crippen molar-refractivity contribution >= 4 is 29.2 Å². The number of para-hydroxylation sites is 1. The smallest absolute Gasteiger partial charge is 0.337 e. The van der Waals surface area contributed by atoms with Crippen LogP contribution in [0.3, 0.4) is 0 Å². The number of aromatic carboxylic acids is 1. The number of benzene rings is 1. The summed E-state index contributed by atoms with van der Waals surface area (Å²) in [5.41, 5.74) is 1.29. The van der Waals surface area contributed by atoms with Crippen molar-refractivity contribution in [3.63, 3.8) is 0 Å². The number of aromatic nitrogens is 1. The third kappa shape index (κ3) is 2.95. The molecule has 102 valence electrons. The maximum Gasteiger partial charge on any atom is 0.337 e. The van der Waals surface area contributed by atoms with E-state index in [2.05, 4.69) is 10.3 Å². The Hall–Kier alpha value is -2.40. The molecule has 6 heteroatoms. The molecule has 1 aromatic heterocycles. The molecule has 0 spiro atoms. The molecule has 2 N–H and O–H groups in total. The number of halogens is 1. The molecule has 0 bridgehead atoms. The maximum atomic E-state index is 12.1. The summed E-state index contributed by atoms with van der Waals surface area (Å²) in [5, 5.41) is 12.0. The van der Waals surface area contributed by atoms with Gasteiger partial charge in [0, 0.05) is 6.20 Å². The second-order valence-electron chi connectivity index (χ2n) is 4.13. The van der Waals surface area contributed by atoms with E-state index in [4.69, 9.17) is 16.7 Å². The fraction of sp³-hybridized carbons (Fsp3) is 0.0714. The number of anilines is 1. The van der Waals surface area contributed by atoms with Crippen LogP contribution in [0.1, 0.15) is 26.3 Å². The Morgan fingerprint density at radius 3 is 2.60 bits per heavy atom. The van der Waals surface area contributed by atoms with Crippen LogP contribution in [0.25, 0.3) is 0 Å². The molecule has 0 aliphatic rings. The Bertz CT molecular complexity index is 669. The van der Waals surface area contributed by atoms with Crippen LogP contribution in [0, 0.1) is 6.92 Å². The number of carbonyl (C=O) groups excluding carboxylic acids is 1. The number of hydrogen-bond donors (Lipinski definition) is 2. The van der Waals surface area contributed by atoms with Crippen molar-refractivity contribution in [3.8, 4) is 0 Å². The molecule has 1 amide bonds. The highest BCUT2D eigenvalue weighted by Crippen LogP contribution is 2.21. The fourth-order valence-corrected chi connectivity index (χ4v) is 1.82. The standard InChI is InChI=1S/C14H11ClN2O3/c1-8-3-2-4-10(14(19)20)12(8)17-13(18)9-5-6-11(15)16-7-9/h2-7H,1H3,(H,17,18)(H,19,20). The van der Waals surface area contributed by atoms with Gasteiger partial charge in [0.15, 0.2) is 0 Å². The maximum absolute atomic E-state index is 12.1. The van der Waals surface area contributed by atoms with Crippen molar-refractivity contribution in [2.45, 2.75) is 6.92 Å². The van der Waals surface area contributed by atoms with Gasteiger partial charge in [-0.25, -0.2) is 9.78 Å². The lowest BCUT2D eigenvalue weighted by molar-refractivity contribution is 0.0698. The SMILES string of the molecule is Cc1cccc(C(=O)O)c1NC(=O)c1ccc(Cl)nc1. The van der Waals surface area contributed by atoms with E-state index in [1.54, 1.807) is 19.1 Å². The molecular formula is C14H11ClN2O3. The van der Waals surface area contributed by atoms with Crippen molar-refractivity contribution in [2.75, 3.05) is 5.32 Å². The summed E-state index contributed by atoms with van der Waals surface area (Å²) >= 11 is 5.65. The quantitative estimate of drug-likeness (QED) is 0.852. The van der Waals surface area contributed by atoms with E-state index in [0.717, 1.165) is 0 Å². The summed E-state index contributed by atoms with van der Waals surface area (Å²) in [6, 6.07) is 7.79. The number of amides is 1. The van der Waals surface area contributed by atoms with Crippen molar-refractivity contribution < 1.29 is 14.7 Å². The summed E-state index contributed by atoms with van der Waals surface area (Å²) < 4.78 is 0. The number of hydrogen-bond acceptors (Lipinski definition) is 3. The average Bonchev–Trinajstić information content (AvgIpc) is 2.41. The zero-order valence-corrected chi connectivity index (χ0v) is 11.3. The minimum absolute atomic E-state index is 0.0419. The lowest BCUT2D eigenvalue weighted by atomic mass is 10.1. The topological polar surface area (TPSA) is 79.3 Å². The van der Waals surface area contributed by atoms with Gasteiger partial charge in [0.05, 0.1) is 16.8 Å². The number of nitrogens with one attached hydrogen (secondary N) is 1. The molecule has 20 heavy (non-hydrogen) atoms. The van der Waals surface area contributed by atoms with Crippen molar-refractivity contribution in [1.29, 1.82) is 0 Å². The van der Waals surface area contributed by atoms with Gasteiger partial charge < -0.3 is 10.4 Å². The first-order chi connectivity index (χ1) is 9.49. The van der Waals surface area contributed by atoms with E-state index in [1.165, 1.54) is 24.4 Å². The van der Waals surface area contributed by atoms with Gasteiger partial charge in [0.1, 0.15) is 5.15 Å². The van der Waals surface area contributed by atoms with Gasteiger partial charge >= 0.3 is 5.97 Å². The van der Waals surface area contributed by atoms with Crippen LogP contribution in [0.4, 0.5) is 5.69 Å². The van der Waals surface area contributed by atoms with E-state index in [-0.39, 0.29) is 16.4 Å². The molecule has 0 fully saturated rings. The van der Waals surface area contributed by atoms with Crippen LogP contribution in [0.2, 0.25) is 5.15 Å².